The summed E-state index contributed by atoms with van der Waals surface area (Å²) >= 11 is 3.11. The van der Waals surface area contributed by atoms with Gasteiger partial charge in [-0.2, -0.15) is 0 Å². The van der Waals surface area contributed by atoms with Crippen molar-refractivity contribution in [2.45, 2.75) is 25.8 Å². The molecule has 0 aliphatic carbocycles. The molecule has 1 aromatic carbocycles. The second-order valence-electron chi connectivity index (χ2n) is 4.30. The number of primary amides is 1. The molecule has 1 aromatic heterocycles. The number of hydrogen-bond donors (Lipinski definition) is 2. The van der Waals surface area contributed by atoms with Gasteiger partial charge in [-0.05, 0) is 34.8 Å². The molecule has 2 aromatic rings. The molecular weight excluding hydrogens is 315 g/mol. The van der Waals surface area contributed by atoms with E-state index in [4.69, 9.17) is 11.5 Å². The molecule has 0 spiro atoms. The van der Waals surface area contributed by atoms with E-state index < -0.39 is 0 Å². The monoisotopic (exact) mass is 328 g/mol. The van der Waals surface area contributed by atoms with Crippen LogP contribution in [0.15, 0.2) is 16.6 Å². The van der Waals surface area contributed by atoms with E-state index in [-0.39, 0.29) is 11.7 Å². The Hall–Kier alpha value is -1.63. The van der Waals surface area contributed by atoms with Crippen LogP contribution >= 0.6 is 15.9 Å². The normalized spacial score (nSPS) is 11.1. The first-order valence-electron chi connectivity index (χ1n) is 5.88. The molecule has 0 saturated carbocycles. The summed E-state index contributed by atoms with van der Waals surface area (Å²) in [6.07, 6.45) is 1.75. The second kappa shape index (κ2) is 5.56. The van der Waals surface area contributed by atoms with Crippen molar-refractivity contribution in [1.82, 2.24) is 9.55 Å². The van der Waals surface area contributed by atoms with Crippen molar-refractivity contribution < 1.29 is 9.18 Å². The van der Waals surface area contributed by atoms with Gasteiger partial charge in [0.2, 0.25) is 11.9 Å². The Morgan fingerprint density at radius 3 is 2.84 bits per heavy atom. The van der Waals surface area contributed by atoms with Crippen molar-refractivity contribution in [3.63, 3.8) is 0 Å². The zero-order valence-corrected chi connectivity index (χ0v) is 11.8. The molecular formula is C12H14BrFN4O. The molecule has 0 radical (unpaired) electrons. The van der Waals surface area contributed by atoms with Crippen LogP contribution in [0, 0.1) is 5.82 Å². The van der Waals surface area contributed by atoms with Crippen molar-refractivity contribution in [3.05, 3.63) is 22.4 Å². The van der Waals surface area contributed by atoms with Crippen LogP contribution in [0.2, 0.25) is 0 Å². The highest BCUT2D eigenvalue weighted by Crippen LogP contribution is 2.25. The Morgan fingerprint density at radius 2 is 2.16 bits per heavy atom. The lowest BCUT2D eigenvalue weighted by atomic mass is 10.2. The fourth-order valence-corrected chi connectivity index (χ4v) is 2.27. The summed E-state index contributed by atoms with van der Waals surface area (Å²) in [5, 5.41) is 0. The van der Waals surface area contributed by atoms with Gasteiger partial charge in [0.05, 0.1) is 15.5 Å². The molecule has 4 N–H and O–H groups in total. The lowest BCUT2D eigenvalue weighted by Crippen LogP contribution is -2.10. The van der Waals surface area contributed by atoms with E-state index in [2.05, 4.69) is 20.9 Å². The van der Waals surface area contributed by atoms with E-state index in [9.17, 15) is 9.18 Å². The van der Waals surface area contributed by atoms with Crippen molar-refractivity contribution >= 4 is 38.8 Å². The number of aromatic nitrogens is 2. The number of imidazole rings is 1. The zero-order chi connectivity index (χ0) is 14.0. The molecule has 0 fully saturated rings. The minimum Gasteiger partial charge on any atom is -0.370 e. The Bertz CT molecular complexity index is 626. The average molecular weight is 329 g/mol. The van der Waals surface area contributed by atoms with E-state index in [1.165, 1.54) is 6.07 Å². The molecule has 19 heavy (non-hydrogen) atoms. The molecule has 0 aliphatic rings. The van der Waals surface area contributed by atoms with Crippen LogP contribution in [0.5, 0.6) is 0 Å². The van der Waals surface area contributed by atoms with Crippen LogP contribution in [-0.2, 0) is 11.3 Å². The fraction of sp³-hybridized carbons (Fsp3) is 0.333. The van der Waals surface area contributed by atoms with E-state index in [0.29, 0.717) is 40.8 Å². The van der Waals surface area contributed by atoms with E-state index >= 15 is 0 Å². The van der Waals surface area contributed by atoms with Crippen molar-refractivity contribution in [2.24, 2.45) is 5.73 Å². The number of nitrogen functional groups attached to an aromatic ring is 1. The Labute approximate surface area is 117 Å². The topological polar surface area (TPSA) is 86.9 Å². The smallest absolute Gasteiger partial charge is 0.217 e. The van der Waals surface area contributed by atoms with Gasteiger partial charge in [-0.1, -0.05) is 0 Å². The van der Waals surface area contributed by atoms with Crippen LogP contribution in [0.4, 0.5) is 10.3 Å². The molecule has 0 unspecified atom stereocenters. The van der Waals surface area contributed by atoms with Crippen LogP contribution in [0.1, 0.15) is 19.3 Å². The fourth-order valence-electron chi connectivity index (χ4n) is 1.94. The third-order valence-electron chi connectivity index (χ3n) is 2.87. The first-order valence-corrected chi connectivity index (χ1v) is 6.67. The summed E-state index contributed by atoms with van der Waals surface area (Å²) in [6.45, 7) is 0.580. The van der Waals surface area contributed by atoms with Crippen LogP contribution in [0.3, 0.4) is 0 Å². The summed E-state index contributed by atoms with van der Waals surface area (Å²) in [6, 6.07) is 3.00. The number of aryl methyl sites for hydroxylation is 1. The van der Waals surface area contributed by atoms with Gasteiger partial charge in [-0.25, -0.2) is 9.37 Å². The number of hydrogen-bond acceptors (Lipinski definition) is 3. The number of carbonyl (C=O) groups is 1. The predicted molar refractivity (Wildman–Crippen MR) is 74.8 cm³/mol. The van der Waals surface area contributed by atoms with Crippen molar-refractivity contribution in [1.29, 1.82) is 0 Å². The second-order valence-corrected chi connectivity index (χ2v) is 5.15. The first-order chi connectivity index (χ1) is 8.99. The lowest BCUT2D eigenvalue weighted by molar-refractivity contribution is -0.118. The quantitative estimate of drug-likeness (QED) is 0.824. The van der Waals surface area contributed by atoms with Gasteiger partial charge < -0.3 is 16.0 Å². The van der Waals surface area contributed by atoms with Gasteiger partial charge in [0, 0.05) is 19.0 Å². The summed E-state index contributed by atoms with van der Waals surface area (Å²) in [5.41, 5.74) is 12.2. The van der Waals surface area contributed by atoms with Crippen LogP contribution in [0.25, 0.3) is 11.0 Å². The third-order valence-corrected chi connectivity index (χ3v) is 3.48. The third kappa shape index (κ3) is 3.04. The molecule has 7 heteroatoms. The number of nitrogens with two attached hydrogens (primary N) is 2. The molecule has 5 nitrogen and oxygen atoms in total. The summed E-state index contributed by atoms with van der Waals surface area (Å²) in [5.74, 6) is -0.337. The maximum absolute atomic E-state index is 13.5. The Balaban J connectivity index is 2.20. The molecule has 1 heterocycles. The number of halogens is 2. The highest BCUT2D eigenvalue weighted by Gasteiger charge is 2.11. The van der Waals surface area contributed by atoms with Gasteiger partial charge in [-0.3, -0.25) is 4.79 Å². The summed E-state index contributed by atoms with van der Waals surface area (Å²) in [7, 11) is 0. The van der Waals surface area contributed by atoms with Crippen LogP contribution < -0.4 is 11.5 Å². The number of benzene rings is 1. The lowest BCUT2D eigenvalue weighted by Gasteiger charge is -2.06. The number of fused-ring (bicyclic) bond motifs is 1. The maximum Gasteiger partial charge on any atom is 0.217 e. The van der Waals surface area contributed by atoms with Gasteiger partial charge in [-0.15, -0.1) is 0 Å². The highest BCUT2D eigenvalue weighted by molar-refractivity contribution is 9.10. The number of carbonyl (C=O) groups excluding carboxylic acids is 1. The molecule has 0 aliphatic heterocycles. The SMILES string of the molecule is NC(=O)CCCCn1c(N)nc2cc(Br)c(F)cc21. The highest BCUT2D eigenvalue weighted by atomic mass is 79.9. The molecule has 102 valence electrons. The minimum atomic E-state index is -0.356. The molecule has 2 rings (SSSR count). The number of unbranched alkanes of at least 4 members (excludes halogenated alkanes) is 1. The zero-order valence-electron chi connectivity index (χ0n) is 10.2. The Morgan fingerprint density at radius 1 is 1.42 bits per heavy atom. The van der Waals surface area contributed by atoms with Gasteiger partial charge in [0.1, 0.15) is 5.82 Å². The maximum atomic E-state index is 13.5. The predicted octanol–water partition coefficient (Wildman–Crippen LogP) is 2.18. The minimum absolute atomic E-state index is 0.321. The number of rotatable bonds is 5. The summed E-state index contributed by atoms with van der Waals surface area (Å²) in [4.78, 5) is 14.8. The van der Waals surface area contributed by atoms with Gasteiger partial charge in [0.25, 0.3) is 0 Å². The van der Waals surface area contributed by atoms with Gasteiger partial charge >= 0.3 is 0 Å². The number of anilines is 1. The summed E-state index contributed by atoms with van der Waals surface area (Å²) < 4.78 is 15.6. The molecule has 0 saturated heterocycles. The van der Waals surface area contributed by atoms with E-state index in [1.54, 1.807) is 10.6 Å². The Kier molecular flexibility index (Phi) is 4.04. The van der Waals surface area contributed by atoms with E-state index in [1.807, 2.05) is 0 Å². The van der Waals surface area contributed by atoms with E-state index in [0.717, 1.165) is 6.42 Å². The van der Waals surface area contributed by atoms with Gasteiger partial charge in [0.15, 0.2) is 0 Å². The molecule has 1 amide bonds. The van der Waals surface area contributed by atoms with Crippen molar-refractivity contribution in [2.75, 3.05) is 5.73 Å². The average Bonchev–Trinajstić information content (AvgIpc) is 2.61. The van der Waals surface area contributed by atoms with Crippen LogP contribution in [-0.4, -0.2) is 15.5 Å². The standard InChI is InChI=1S/C12H14BrFN4O/c13-7-5-9-10(6-8(7)14)18(12(16)17-9)4-2-1-3-11(15)19/h5-6H,1-4H2,(H2,15,19)(H2,16,17). The number of nitrogens with zero attached hydrogens (tertiary/aromatic N) is 2. The number of amides is 1. The molecule has 0 atom stereocenters. The largest absolute Gasteiger partial charge is 0.370 e. The molecule has 0 bridgehead atoms. The van der Waals surface area contributed by atoms with Crippen molar-refractivity contribution in [3.8, 4) is 0 Å². The first kappa shape index (κ1) is 13.8.